The summed E-state index contributed by atoms with van der Waals surface area (Å²) in [5.74, 6) is 0.977. The molecule has 2 aliphatic heterocycles. The van der Waals surface area contributed by atoms with E-state index in [1.165, 1.54) is 11.1 Å². The van der Waals surface area contributed by atoms with E-state index in [1.807, 2.05) is 6.92 Å². The van der Waals surface area contributed by atoms with Gasteiger partial charge in [0.1, 0.15) is 5.75 Å². The highest BCUT2D eigenvalue weighted by Crippen LogP contribution is 2.30. The van der Waals surface area contributed by atoms with E-state index in [0.717, 1.165) is 51.7 Å². The second-order valence-electron chi connectivity index (χ2n) is 5.09. The summed E-state index contributed by atoms with van der Waals surface area (Å²) >= 11 is 0. The van der Waals surface area contributed by atoms with Gasteiger partial charge in [-0.05, 0) is 30.2 Å². The SMILES string of the molecule is CCOc1ccc2c(c1)CNC[C@H]2N1CCOCC1. The molecule has 1 fully saturated rings. The normalized spacial score (nSPS) is 23.9. The molecule has 0 bridgehead atoms. The Morgan fingerprint density at radius 2 is 2.21 bits per heavy atom. The maximum Gasteiger partial charge on any atom is 0.119 e. The highest BCUT2D eigenvalue weighted by Gasteiger charge is 2.27. The fraction of sp³-hybridized carbons (Fsp3) is 0.600. The molecule has 0 spiro atoms. The summed E-state index contributed by atoms with van der Waals surface area (Å²) in [4.78, 5) is 2.52. The van der Waals surface area contributed by atoms with E-state index >= 15 is 0 Å². The highest BCUT2D eigenvalue weighted by molar-refractivity contribution is 5.39. The fourth-order valence-electron chi connectivity index (χ4n) is 2.99. The standard InChI is InChI=1S/C15H22N2O2/c1-2-19-13-3-4-14-12(9-13)10-16-11-15(14)17-5-7-18-8-6-17/h3-4,9,15-16H,2,5-8,10-11H2,1H3/t15-/m1/s1. The predicted octanol–water partition coefficient (Wildman–Crippen LogP) is 1.56. The van der Waals surface area contributed by atoms with Gasteiger partial charge in [0.15, 0.2) is 0 Å². The molecule has 0 radical (unpaired) electrons. The maximum atomic E-state index is 5.59. The molecule has 0 aromatic heterocycles. The first-order valence-electron chi connectivity index (χ1n) is 7.16. The lowest BCUT2D eigenvalue weighted by Crippen LogP contribution is -2.45. The number of nitrogens with one attached hydrogen (secondary N) is 1. The van der Waals surface area contributed by atoms with Crippen LogP contribution >= 0.6 is 0 Å². The Bertz CT molecular complexity index is 430. The molecule has 2 aliphatic rings. The number of fused-ring (bicyclic) bond motifs is 1. The molecule has 4 heteroatoms. The Hall–Kier alpha value is -1.10. The van der Waals surface area contributed by atoms with E-state index < -0.39 is 0 Å². The van der Waals surface area contributed by atoms with Crippen molar-refractivity contribution < 1.29 is 9.47 Å². The zero-order valence-electron chi connectivity index (χ0n) is 11.5. The molecule has 4 nitrogen and oxygen atoms in total. The van der Waals surface area contributed by atoms with Gasteiger partial charge in [0, 0.05) is 32.2 Å². The van der Waals surface area contributed by atoms with Crippen LogP contribution in [0, 0.1) is 0 Å². The molecule has 0 saturated carbocycles. The first kappa shape index (κ1) is 12.9. The van der Waals surface area contributed by atoms with Crippen LogP contribution in [0.5, 0.6) is 5.75 Å². The number of ether oxygens (including phenoxy) is 2. The van der Waals surface area contributed by atoms with Gasteiger partial charge in [0.25, 0.3) is 0 Å². The number of benzene rings is 1. The van der Waals surface area contributed by atoms with Crippen molar-refractivity contribution in [1.82, 2.24) is 10.2 Å². The van der Waals surface area contributed by atoms with Gasteiger partial charge in [0.05, 0.1) is 19.8 Å². The van der Waals surface area contributed by atoms with Gasteiger partial charge >= 0.3 is 0 Å². The Labute approximate surface area is 114 Å². The molecule has 104 valence electrons. The molecule has 19 heavy (non-hydrogen) atoms. The van der Waals surface area contributed by atoms with Crippen molar-refractivity contribution >= 4 is 0 Å². The largest absolute Gasteiger partial charge is 0.494 e. The fourth-order valence-corrected chi connectivity index (χ4v) is 2.99. The van der Waals surface area contributed by atoms with Crippen LogP contribution < -0.4 is 10.1 Å². The third kappa shape index (κ3) is 2.76. The smallest absolute Gasteiger partial charge is 0.119 e. The van der Waals surface area contributed by atoms with Crippen molar-refractivity contribution in [3.8, 4) is 5.75 Å². The summed E-state index contributed by atoms with van der Waals surface area (Å²) in [5, 5.41) is 3.52. The number of rotatable bonds is 3. The van der Waals surface area contributed by atoms with Crippen LogP contribution in [-0.4, -0.2) is 44.4 Å². The summed E-state index contributed by atoms with van der Waals surface area (Å²) in [7, 11) is 0. The molecule has 3 rings (SSSR count). The van der Waals surface area contributed by atoms with Gasteiger partial charge in [-0.3, -0.25) is 4.90 Å². The topological polar surface area (TPSA) is 33.7 Å². The van der Waals surface area contributed by atoms with Gasteiger partial charge in [-0.2, -0.15) is 0 Å². The number of hydrogen-bond acceptors (Lipinski definition) is 4. The zero-order valence-corrected chi connectivity index (χ0v) is 11.5. The quantitative estimate of drug-likeness (QED) is 0.896. The summed E-state index contributed by atoms with van der Waals surface area (Å²) in [6, 6.07) is 6.99. The first-order valence-corrected chi connectivity index (χ1v) is 7.16. The van der Waals surface area contributed by atoms with Crippen LogP contribution in [0.4, 0.5) is 0 Å². The van der Waals surface area contributed by atoms with Crippen molar-refractivity contribution in [3.63, 3.8) is 0 Å². The lowest BCUT2D eigenvalue weighted by molar-refractivity contribution is 0.0146. The lowest BCUT2D eigenvalue weighted by Gasteiger charge is -2.38. The summed E-state index contributed by atoms with van der Waals surface area (Å²) < 4.78 is 11.0. The van der Waals surface area contributed by atoms with Gasteiger partial charge in [-0.1, -0.05) is 6.07 Å². The van der Waals surface area contributed by atoms with Crippen LogP contribution in [0.3, 0.4) is 0 Å². The van der Waals surface area contributed by atoms with E-state index in [-0.39, 0.29) is 0 Å². The average Bonchev–Trinajstić information content (AvgIpc) is 2.48. The Kier molecular flexibility index (Phi) is 4.01. The molecule has 0 amide bonds. The van der Waals surface area contributed by atoms with Gasteiger partial charge in [-0.25, -0.2) is 0 Å². The number of morpholine rings is 1. The highest BCUT2D eigenvalue weighted by atomic mass is 16.5. The molecule has 1 N–H and O–H groups in total. The third-order valence-corrected chi connectivity index (χ3v) is 3.92. The monoisotopic (exact) mass is 262 g/mol. The van der Waals surface area contributed by atoms with Crippen LogP contribution in [0.15, 0.2) is 18.2 Å². The molecule has 0 unspecified atom stereocenters. The third-order valence-electron chi connectivity index (χ3n) is 3.92. The number of hydrogen-bond donors (Lipinski definition) is 1. The van der Waals surface area contributed by atoms with Crippen LogP contribution in [0.1, 0.15) is 24.1 Å². The summed E-state index contributed by atoms with van der Waals surface area (Å²) in [5.41, 5.74) is 2.82. The van der Waals surface area contributed by atoms with Crippen LogP contribution in [0.25, 0.3) is 0 Å². The molecule has 2 heterocycles. The molecule has 1 aromatic carbocycles. The predicted molar refractivity (Wildman–Crippen MR) is 74.5 cm³/mol. The van der Waals surface area contributed by atoms with E-state index in [1.54, 1.807) is 0 Å². The molecule has 1 aromatic rings. The zero-order chi connectivity index (χ0) is 13.1. The van der Waals surface area contributed by atoms with E-state index in [4.69, 9.17) is 9.47 Å². The van der Waals surface area contributed by atoms with Gasteiger partial charge in [-0.15, -0.1) is 0 Å². The second-order valence-corrected chi connectivity index (χ2v) is 5.09. The van der Waals surface area contributed by atoms with Crippen LogP contribution in [0.2, 0.25) is 0 Å². The molecule has 0 aliphatic carbocycles. The molecule has 1 atom stereocenters. The van der Waals surface area contributed by atoms with Crippen molar-refractivity contribution in [2.24, 2.45) is 0 Å². The minimum absolute atomic E-state index is 0.475. The van der Waals surface area contributed by atoms with Crippen molar-refractivity contribution in [2.45, 2.75) is 19.5 Å². The second kappa shape index (κ2) is 5.90. The van der Waals surface area contributed by atoms with E-state index in [9.17, 15) is 0 Å². The molecular weight excluding hydrogens is 240 g/mol. The lowest BCUT2D eigenvalue weighted by atomic mass is 9.95. The Balaban J connectivity index is 1.82. The maximum absolute atomic E-state index is 5.59. The number of nitrogens with zero attached hydrogens (tertiary/aromatic N) is 1. The first-order chi connectivity index (χ1) is 9.38. The average molecular weight is 262 g/mol. The van der Waals surface area contributed by atoms with E-state index in [2.05, 4.69) is 28.4 Å². The van der Waals surface area contributed by atoms with Crippen LogP contribution in [-0.2, 0) is 11.3 Å². The van der Waals surface area contributed by atoms with Gasteiger partial charge in [0.2, 0.25) is 0 Å². The summed E-state index contributed by atoms with van der Waals surface area (Å²) in [6.07, 6.45) is 0. The van der Waals surface area contributed by atoms with Crippen molar-refractivity contribution in [1.29, 1.82) is 0 Å². The van der Waals surface area contributed by atoms with Gasteiger partial charge < -0.3 is 14.8 Å². The Morgan fingerprint density at radius 3 is 3.00 bits per heavy atom. The van der Waals surface area contributed by atoms with E-state index in [0.29, 0.717) is 6.04 Å². The molecular formula is C15H22N2O2. The van der Waals surface area contributed by atoms with Crippen molar-refractivity contribution in [3.05, 3.63) is 29.3 Å². The summed E-state index contributed by atoms with van der Waals surface area (Å²) in [6.45, 7) is 8.47. The molecule has 1 saturated heterocycles. The minimum Gasteiger partial charge on any atom is -0.494 e. The van der Waals surface area contributed by atoms with Crippen molar-refractivity contribution in [2.75, 3.05) is 39.5 Å². The Morgan fingerprint density at radius 1 is 1.37 bits per heavy atom. The minimum atomic E-state index is 0.475.